The molecule has 1 N–H and O–H groups in total. The molecule has 2 rings (SSSR count). The van der Waals surface area contributed by atoms with Gasteiger partial charge in [-0.1, -0.05) is 6.07 Å². The highest BCUT2D eigenvalue weighted by Gasteiger charge is 2.14. The second-order valence-corrected chi connectivity index (χ2v) is 8.19. The molecule has 0 spiro atoms. The molecule has 1 heterocycles. The van der Waals surface area contributed by atoms with Crippen molar-refractivity contribution in [3.63, 3.8) is 0 Å². The van der Waals surface area contributed by atoms with Crippen molar-refractivity contribution in [2.75, 3.05) is 6.54 Å². The van der Waals surface area contributed by atoms with Gasteiger partial charge in [-0.05, 0) is 57.4 Å². The first-order valence-electron chi connectivity index (χ1n) is 6.79. The Labute approximate surface area is 130 Å². The zero-order valence-corrected chi connectivity index (χ0v) is 14.4. The fourth-order valence-electron chi connectivity index (χ4n) is 2.07. The molecule has 114 valence electrons. The van der Waals surface area contributed by atoms with Crippen molar-refractivity contribution < 1.29 is 8.42 Å². The average Bonchev–Trinajstić information content (AvgIpc) is 2.71. The lowest BCUT2D eigenvalue weighted by molar-refractivity contribution is 0.581. The van der Waals surface area contributed by atoms with Crippen LogP contribution in [0.25, 0.3) is 0 Å². The molecule has 1 aromatic carbocycles. The molecule has 0 aliphatic carbocycles. The van der Waals surface area contributed by atoms with Gasteiger partial charge in [-0.3, -0.25) is 0 Å². The molecule has 0 aliphatic rings. The van der Waals surface area contributed by atoms with E-state index in [0.29, 0.717) is 17.9 Å². The second-order valence-electron chi connectivity index (χ2n) is 5.14. The first kappa shape index (κ1) is 16.1. The number of aryl methyl sites for hydroxylation is 4. The topological polar surface area (TPSA) is 59.1 Å². The lowest BCUT2D eigenvalue weighted by atomic mass is 10.1. The molecule has 1 aromatic heterocycles. The van der Waals surface area contributed by atoms with Crippen molar-refractivity contribution in [1.82, 2.24) is 9.71 Å². The number of nitrogens with one attached hydrogen (secondary N) is 1. The highest BCUT2D eigenvalue weighted by molar-refractivity contribution is 7.89. The first-order valence-corrected chi connectivity index (χ1v) is 9.09. The molecular weight excluding hydrogens is 304 g/mol. The minimum absolute atomic E-state index is 0.322. The minimum atomic E-state index is -3.44. The van der Waals surface area contributed by atoms with E-state index in [1.165, 1.54) is 0 Å². The number of aromatic nitrogens is 1. The van der Waals surface area contributed by atoms with Crippen LogP contribution in [0.4, 0.5) is 0 Å². The smallest absolute Gasteiger partial charge is 0.240 e. The predicted octanol–water partition coefficient (Wildman–Crippen LogP) is 2.90. The summed E-state index contributed by atoms with van der Waals surface area (Å²) in [5.74, 6) is 0. The summed E-state index contributed by atoms with van der Waals surface area (Å²) in [6, 6.07) is 5.19. The van der Waals surface area contributed by atoms with E-state index in [0.717, 1.165) is 26.7 Å². The Morgan fingerprint density at radius 1 is 1.14 bits per heavy atom. The van der Waals surface area contributed by atoms with E-state index in [1.807, 2.05) is 33.8 Å². The average molecular weight is 324 g/mol. The van der Waals surface area contributed by atoms with Gasteiger partial charge in [0.15, 0.2) is 0 Å². The maximum absolute atomic E-state index is 12.3. The summed E-state index contributed by atoms with van der Waals surface area (Å²) in [4.78, 5) is 5.80. The zero-order chi connectivity index (χ0) is 15.6. The summed E-state index contributed by atoms with van der Waals surface area (Å²) >= 11 is 1.62. The normalized spacial score (nSPS) is 11.8. The summed E-state index contributed by atoms with van der Waals surface area (Å²) < 4.78 is 27.2. The monoisotopic (exact) mass is 324 g/mol. The molecule has 4 nitrogen and oxygen atoms in total. The lowest BCUT2D eigenvalue weighted by Crippen LogP contribution is -2.26. The van der Waals surface area contributed by atoms with Crippen LogP contribution in [0.3, 0.4) is 0 Å². The van der Waals surface area contributed by atoms with Crippen LogP contribution in [0, 0.1) is 27.7 Å². The van der Waals surface area contributed by atoms with E-state index < -0.39 is 10.0 Å². The summed E-state index contributed by atoms with van der Waals surface area (Å²) in [5.41, 5.74) is 3.05. The van der Waals surface area contributed by atoms with Crippen molar-refractivity contribution >= 4 is 21.4 Å². The highest BCUT2D eigenvalue weighted by atomic mass is 32.2. The van der Waals surface area contributed by atoms with Crippen molar-refractivity contribution in [1.29, 1.82) is 0 Å². The number of rotatable bonds is 5. The van der Waals surface area contributed by atoms with Crippen molar-refractivity contribution in [2.24, 2.45) is 0 Å². The number of hydrogen-bond acceptors (Lipinski definition) is 4. The van der Waals surface area contributed by atoms with Crippen LogP contribution in [-0.2, 0) is 16.4 Å². The third kappa shape index (κ3) is 3.90. The molecule has 0 saturated carbocycles. The minimum Gasteiger partial charge on any atom is -0.247 e. The molecule has 2 aromatic rings. The van der Waals surface area contributed by atoms with Crippen LogP contribution in [0.15, 0.2) is 23.1 Å². The number of benzene rings is 1. The Morgan fingerprint density at radius 2 is 1.86 bits per heavy atom. The standard InChI is InChI=1S/C15H20N2O2S2/c1-10-5-6-14(9-11(10)2)21(18,19)16-8-7-15-12(3)17-13(4)20-15/h5-6,9,16H,7-8H2,1-4H3. The predicted molar refractivity (Wildman–Crippen MR) is 86.4 cm³/mol. The van der Waals surface area contributed by atoms with Crippen LogP contribution in [-0.4, -0.2) is 19.9 Å². The zero-order valence-electron chi connectivity index (χ0n) is 12.7. The number of nitrogens with zero attached hydrogens (tertiary/aromatic N) is 1. The van der Waals surface area contributed by atoms with E-state index in [-0.39, 0.29) is 0 Å². The molecule has 21 heavy (non-hydrogen) atoms. The van der Waals surface area contributed by atoms with Gasteiger partial charge in [0.25, 0.3) is 0 Å². The molecule has 0 atom stereocenters. The second kappa shape index (κ2) is 6.25. The van der Waals surface area contributed by atoms with Crippen LogP contribution >= 0.6 is 11.3 Å². The SMILES string of the molecule is Cc1nc(C)c(CCNS(=O)(=O)c2ccc(C)c(C)c2)s1. The van der Waals surface area contributed by atoms with Crippen molar-refractivity contribution in [3.05, 3.63) is 44.9 Å². The third-order valence-electron chi connectivity index (χ3n) is 3.43. The number of thiazole rings is 1. The fourth-order valence-corrected chi connectivity index (χ4v) is 4.12. The third-order valence-corrected chi connectivity index (χ3v) is 6.02. The van der Waals surface area contributed by atoms with Crippen LogP contribution in [0.1, 0.15) is 26.7 Å². The molecule has 0 radical (unpaired) electrons. The Bertz CT molecular complexity index is 749. The number of hydrogen-bond donors (Lipinski definition) is 1. The van der Waals surface area contributed by atoms with Gasteiger partial charge in [-0.25, -0.2) is 18.1 Å². The molecule has 0 saturated heterocycles. The van der Waals surface area contributed by atoms with Gasteiger partial charge in [0.1, 0.15) is 0 Å². The fraction of sp³-hybridized carbons (Fsp3) is 0.400. The van der Waals surface area contributed by atoms with E-state index in [2.05, 4.69) is 9.71 Å². The van der Waals surface area contributed by atoms with Gasteiger partial charge in [0, 0.05) is 11.4 Å². The summed E-state index contributed by atoms with van der Waals surface area (Å²) in [7, 11) is -3.44. The van der Waals surface area contributed by atoms with Gasteiger partial charge in [0.05, 0.1) is 15.6 Å². The quantitative estimate of drug-likeness (QED) is 0.920. The Morgan fingerprint density at radius 3 is 2.43 bits per heavy atom. The largest absolute Gasteiger partial charge is 0.247 e. The van der Waals surface area contributed by atoms with E-state index in [4.69, 9.17) is 0 Å². The van der Waals surface area contributed by atoms with Crippen LogP contribution in [0.5, 0.6) is 0 Å². The van der Waals surface area contributed by atoms with E-state index >= 15 is 0 Å². The van der Waals surface area contributed by atoms with Gasteiger partial charge in [0.2, 0.25) is 10.0 Å². The highest BCUT2D eigenvalue weighted by Crippen LogP contribution is 2.18. The van der Waals surface area contributed by atoms with Gasteiger partial charge in [-0.15, -0.1) is 11.3 Å². The molecule has 0 unspecified atom stereocenters. The molecule has 6 heteroatoms. The maximum Gasteiger partial charge on any atom is 0.240 e. The van der Waals surface area contributed by atoms with Crippen molar-refractivity contribution in [2.45, 2.75) is 39.0 Å². The first-order chi connectivity index (χ1) is 9.79. The van der Waals surface area contributed by atoms with E-state index in [1.54, 1.807) is 23.5 Å². The summed E-state index contributed by atoms with van der Waals surface area (Å²) in [6.45, 7) is 8.18. The Kier molecular flexibility index (Phi) is 4.81. The molecule has 0 bridgehead atoms. The van der Waals surface area contributed by atoms with Gasteiger partial charge < -0.3 is 0 Å². The van der Waals surface area contributed by atoms with Crippen LogP contribution in [0.2, 0.25) is 0 Å². The molecule has 0 aliphatic heterocycles. The Balaban J connectivity index is 2.04. The maximum atomic E-state index is 12.3. The van der Waals surface area contributed by atoms with E-state index in [9.17, 15) is 8.42 Å². The lowest BCUT2D eigenvalue weighted by Gasteiger charge is -2.08. The number of sulfonamides is 1. The van der Waals surface area contributed by atoms with Crippen molar-refractivity contribution in [3.8, 4) is 0 Å². The van der Waals surface area contributed by atoms with Gasteiger partial charge >= 0.3 is 0 Å². The summed E-state index contributed by atoms with van der Waals surface area (Å²) in [6.07, 6.45) is 0.668. The molecule has 0 fully saturated rings. The Hall–Kier alpha value is -1.24. The van der Waals surface area contributed by atoms with Crippen LogP contribution < -0.4 is 4.72 Å². The molecule has 0 amide bonds. The molecular formula is C15H20N2O2S2. The summed E-state index contributed by atoms with van der Waals surface area (Å²) in [5, 5.41) is 1.01. The van der Waals surface area contributed by atoms with Gasteiger partial charge in [-0.2, -0.15) is 0 Å².